The van der Waals surface area contributed by atoms with E-state index < -0.39 is 15.9 Å². The van der Waals surface area contributed by atoms with E-state index in [1.807, 2.05) is 0 Å². The summed E-state index contributed by atoms with van der Waals surface area (Å²) in [7, 11) is -3.26. The van der Waals surface area contributed by atoms with Crippen LogP contribution in [0.15, 0.2) is 58.5 Å². The Balaban J connectivity index is 1.98. The molecule has 0 unspecified atom stereocenters. The summed E-state index contributed by atoms with van der Waals surface area (Å²) in [5.74, 6) is 0. The number of halogens is 1. The normalized spacial score (nSPS) is 11.9. The molecule has 0 aliphatic heterocycles. The summed E-state index contributed by atoms with van der Waals surface area (Å²) in [6, 6.07) is 12.4. The van der Waals surface area contributed by atoms with E-state index in [0.717, 1.165) is 11.8 Å². The Bertz CT molecular complexity index is 860. The maximum atomic E-state index is 11.8. The summed E-state index contributed by atoms with van der Waals surface area (Å²) in [5, 5.41) is 7.18. The molecule has 0 heterocycles. The van der Waals surface area contributed by atoms with E-state index >= 15 is 0 Å². The van der Waals surface area contributed by atoms with E-state index in [0.29, 0.717) is 16.4 Å². The lowest BCUT2D eigenvalue weighted by molar-refractivity contribution is 0.252. The molecule has 2 aromatic carbocycles. The quantitative estimate of drug-likeness (QED) is 0.643. The first-order valence-corrected chi connectivity index (χ1v) is 9.20. The van der Waals surface area contributed by atoms with Crippen LogP contribution in [0.1, 0.15) is 12.5 Å². The second kappa shape index (κ2) is 7.46. The van der Waals surface area contributed by atoms with E-state index in [1.54, 1.807) is 31.2 Å². The third-order valence-electron chi connectivity index (χ3n) is 3.13. The SMILES string of the molecule is C/C(=N/NC(=O)Nc1ccc(S(C)(=O)=O)cc1)c1ccc(Cl)cc1. The number of rotatable bonds is 4. The van der Waals surface area contributed by atoms with E-state index in [4.69, 9.17) is 11.6 Å². The zero-order valence-electron chi connectivity index (χ0n) is 13.1. The van der Waals surface area contributed by atoms with Gasteiger partial charge in [-0.05, 0) is 48.9 Å². The van der Waals surface area contributed by atoms with Crippen molar-refractivity contribution >= 4 is 38.9 Å². The second-order valence-corrected chi connectivity index (χ2v) is 7.52. The first-order chi connectivity index (χ1) is 11.3. The first-order valence-electron chi connectivity index (χ1n) is 6.93. The number of hydrogen-bond acceptors (Lipinski definition) is 4. The van der Waals surface area contributed by atoms with Gasteiger partial charge in [0.2, 0.25) is 0 Å². The lowest BCUT2D eigenvalue weighted by Crippen LogP contribution is -2.25. The topological polar surface area (TPSA) is 87.6 Å². The molecule has 0 saturated carbocycles. The van der Waals surface area contributed by atoms with Crippen LogP contribution in [0.4, 0.5) is 10.5 Å². The van der Waals surface area contributed by atoms with Crippen LogP contribution < -0.4 is 10.7 Å². The fourth-order valence-corrected chi connectivity index (χ4v) is 2.59. The molecule has 2 N–H and O–H groups in total. The number of carbonyl (C=O) groups is 1. The number of amides is 2. The number of benzene rings is 2. The van der Waals surface area contributed by atoms with Gasteiger partial charge >= 0.3 is 6.03 Å². The molecule has 0 fully saturated rings. The van der Waals surface area contributed by atoms with Crippen molar-refractivity contribution in [1.82, 2.24) is 5.43 Å². The Morgan fingerprint density at radius 1 is 1.04 bits per heavy atom. The van der Waals surface area contributed by atoms with E-state index in [2.05, 4.69) is 15.8 Å². The third kappa shape index (κ3) is 5.07. The standard InChI is InChI=1S/C16H16ClN3O3S/c1-11(12-3-5-13(17)6-4-12)19-20-16(21)18-14-7-9-15(10-8-14)24(2,22)23/h3-10H,1-2H3,(H2,18,20,21)/b19-11-. The number of urea groups is 1. The predicted octanol–water partition coefficient (Wildman–Crippen LogP) is 3.29. The fourth-order valence-electron chi connectivity index (χ4n) is 1.83. The number of nitrogens with one attached hydrogen (secondary N) is 2. The number of carbonyl (C=O) groups excluding carboxylic acids is 1. The maximum absolute atomic E-state index is 11.8. The van der Waals surface area contributed by atoms with Gasteiger partial charge in [-0.15, -0.1) is 0 Å². The molecular weight excluding hydrogens is 350 g/mol. The summed E-state index contributed by atoms with van der Waals surface area (Å²) in [6.07, 6.45) is 1.12. The van der Waals surface area contributed by atoms with Crippen LogP contribution in [0.2, 0.25) is 5.02 Å². The van der Waals surface area contributed by atoms with E-state index in [9.17, 15) is 13.2 Å². The molecule has 0 spiro atoms. The maximum Gasteiger partial charge on any atom is 0.339 e. The number of hydrazone groups is 1. The van der Waals surface area contributed by atoms with Gasteiger partial charge < -0.3 is 5.32 Å². The molecule has 0 aliphatic carbocycles. The number of anilines is 1. The predicted molar refractivity (Wildman–Crippen MR) is 95.4 cm³/mol. The molecule has 0 bridgehead atoms. The van der Waals surface area contributed by atoms with Gasteiger partial charge in [0.05, 0.1) is 10.6 Å². The monoisotopic (exact) mass is 365 g/mol. The molecule has 0 saturated heterocycles. The zero-order valence-corrected chi connectivity index (χ0v) is 14.6. The molecule has 126 valence electrons. The highest BCUT2D eigenvalue weighted by molar-refractivity contribution is 7.90. The summed E-state index contributed by atoms with van der Waals surface area (Å²) in [5.41, 5.74) is 4.28. The molecule has 6 nitrogen and oxygen atoms in total. The van der Waals surface area contributed by atoms with Crippen molar-refractivity contribution in [3.8, 4) is 0 Å². The van der Waals surface area contributed by atoms with Crippen molar-refractivity contribution in [2.24, 2.45) is 5.10 Å². The van der Waals surface area contributed by atoms with Crippen LogP contribution >= 0.6 is 11.6 Å². The Kier molecular flexibility index (Phi) is 5.58. The highest BCUT2D eigenvalue weighted by atomic mass is 35.5. The summed E-state index contributed by atoms with van der Waals surface area (Å²) >= 11 is 5.82. The van der Waals surface area contributed by atoms with Crippen LogP contribution in [0.3, 0.4) is 0 Å². The van der Waals surface area contributed by atoms with Gasteiger partial charge in [-0.1, -0.05) is 23.7 Å². The van der Waals surface area contributed by atoms with E-state index in [-0.39, 0.29) is 4.90 Å². The lowest BCUT2D eigenvalue weighted by atomic mass is 10.1. The molecule has 0 radical (unpaired) electrons. The van der Waals surface area contributed by atoms with Gasteiger partial charge in [0, 0.05) is 17.0 Å². The average molecular weight is 366 g/mol. The first kappa shape index (κ1) is 18.0. The zero-order chi connectivity index (χ0) is 17.7. The third-order valence-corrected chi connectivity index (χ3v) is 4.51. The number of sulfone groups is 1. The molecule has 2 amide bonds. The molecular formula is C16H16ClN3O3S. The minimum Gasteiger partial charge on any atom is -0.307 e. The van der Waals surface area contributed by atoms with E-state index in [1.165, 1.54) is 24.3 Å². The minimum absolute atomic E-state index is 0.185. The number of hydrogen-bond donors (Lipinski definition) is 2. The Hall–Kier alpha value is -2.38. The van der Waals surface area contributed by atoms with Gasteiger partial charge in [0.15, 0.2) is 9.84 Å². The van der Waals surface area contributed by atoms with Gasteiger partial charge in [-0.2, -0.15) is 5.10 Å². The highest BCUT2D eigenvalue weighted by Crippen LogP contribution is 2.14. The molecule has 2 rings (SSSR count). The van der Waals surface area contributed by atoms with Crippen molar-refractivity contribution in [2.75, 3.05) is 11.6 Å². The molecule has 0 atom stereocenters. The summed E-state index contributed by atoms with van der Waals surface area (Å²) < 4.78 is 22.7. The molecule has 0 aromatic heterocycles. The van der Waals surface area contributed by atoms with Crippen molar-refractivity contribution in [3.05, 3.63) is 59.1 Å². The number of nitrogens with zero attached hydrogens (tertiary/aromatic N) is 1. The second-order valence-electron chi connectivity index (χ2n) is 5.07. The van der Waals surface area contributed by atoms with Crippen LogP contribution in [0.5, 0.6) is 0 Å². The Morgan fingerprint density at radius 2 is 1.62 bits per heavy atom. The molecule has 2 aromatic rings. The smallest absolute Gasteiger partial charge is 0.307 e. The minimum atomic E-state index is -3.26. The summed E-state index contributed by atoms with van der Waals surface area (Å²) in [6.45, 7) is 1.75. The van der Waals surface area contributed by atoms with Gasteiger partial charge in [-0.3, -0.25) is 0 Å². The molecule has 8 heteroatoms. The van der Waals surface area contributed by atoms with Crippen molar-refractivity contribution in [2.45, 2.75) is 11.8 Å². The fraction of sp³-hybridized carbons (Fsp3) is 0.125. The highest BCUT2D eigenvalue weighted by Gasteiger charge is 2.07. The summed E-state index contributed by atoms with van der Waals surface area (Å²) in [4.78, 5) is 12.0. The van der Waals surface area contributed by atoms with Gasteiger partial charge in [0.1, 0.15) is 0 Å². The average Bonchev–Trinajstić information content (AvgIpc) is 2.53. The van der Waals surface area contributed by atoms with Crippen molar-refractivity contribution < 1.29 is 13.2 Å². The Labute approximate surface area is 145 Å². The Morgan fingerprint density at radius 3 is 2.17 bits per heavy atom. The van der Waals surface area contributed by atoms with Crippen LogP contribution in [-0.2, 0) is 9.84 Å². The van der Waals surface area contributed by atoms with Gasteiger partial charge in [0.25, 0.3) is 0 Å². The van der Waals surface area contributed by atoms with Gasteiger partial charge in [-0.25, -0.2) is 18.6 Å². The largest absolute Gasteiger partial charge is 0.339 e. The van der Waals surface area contributed by atoms with Crippen LogP contribution in [0, 0.1) is 0 Å². The van der Waals surface area contributed by atoms with Crippen molar-refractivity contribution in [3.63, 3.8) is 0 Å². The molecule has 24 heavy (non-hydrogen) atoms. The molecule has 0 aliphatic rings. The van der Waals surface area contributed by atoms with Crippen LogP contribution in [-0.4, -0.2) is 26.4 Å². The lowest BCUT2D eigenvalue weighted by Gasteiger charge is -2.06. The van der Waals surface area contributed by atoms with Crippen LogP contribution in [0.25, 0.3) is 0 Å². The van der Waals surface area contributed by atoms with Crippen molar-refractivity contribution in [1.29, 1.82) is 0 Å².